The van der Waals surface area contributed by atoms with E-state index in [1.165, 1.54) is 25.1 Å². The molecule has 2 amide bonds. The average Bonchev–Trinajstić information content (AvgIpc) is 3.05. The summed E-state index contributed by atoms with van der Waals surface area (Å²) in [5.74, 6) is -2.01. The average molecular weight is 427 g/mol. The van der Waals surface area contributed by atoms with Crippen LogP contribution in [0.15, 0.2) is 66.7 Å². The summed E-state index contributed by atoms with van der Waals surface area (Å²) in [7, 11) is 0. The van der Waals surface area contributed by atoms with Crippen LogP contribution in [0.4, 0.5) is 5.69 Å². The minimum atomic E-state index is -0.998. The molecule has 0 N–H and O–H groups in total. The number of hydrogen-bond donors (Lipinski definition) is 0. The van der Waals surface area contributed by atoms with Crippen molar-refractivity contribution in [1.82, 2.24) is 0 Å². The predicted octanol–water partition coefficient (Wildman–Crippen LogP) is 4.53. The van der Waals surface area contributed by atoms with E-state index < -0.39 is 23.9 Å². The van der Waals surface area contributed by atoms with Crippen LogP contribution in [0.5, 0.6) is 0 Å². The number of hydrogen-bond acceptors (Lipinski definition) is 5. The molecule has 0 unspecified atom stereocenters. The highest BCUT2D eigenvalue weighted by Gasteiger charge is 2.37. The molecular formula is C26H21NO5. The second-order valence-corrected chi connectivity index (χ2v) is 7.75. The normalized spacial score (nSPS) is 13.7. The van der Waals surface area contributed by atoms with Crippen molar-refractivity contribution >= 4 is 29.3 Å². The van der Waals surface area contributed by atoms with Crippen molar-refractivity contribution < 1.29 is 23.9 Å². The quantitative estimate of drug-likeness (QED) is 0.339. The first-order chi connectivity index (χ1) is 15.3. The van der Waals surface area contributed by atoms with Gasteiger partial charge >= 0.3 is 5.97 Å². The number of nitrogens with zero attached hydrogens (tertiary/aromatic N) is 1. The molecule has 6 heteroatoms. The van der Waals surface area contributed by atoms with Gasteiger partial charge in [0, 0.05) is 5.56 Å². The number of fused-ring (bicyclic) bond motifs is 1. The fourth-order valence-electron chi connectivity index (χ4n) is 3.59. The van der Waals surface area contributed by atoms with Gasteiger partial charge in [0.2, 0.25) is 5.78 Å². The second kappa shape index (κ2) is 8.23. The van der Waals surface area contributed by atoms with E-state index in [0.717, 1.165) is 16.0 Å². The molecule has 3 aromatic rings. The first-order valence-electron chi connectivity index (χ1n) is 10.2. The van der Waals surface area contributed by atoms with Crippen LogP contribution in [0.25, 0.3) is 0 Å². The Morgan fingerprint density at radius 1 is 0.781 bits per heavy atom. The van der Waals surface area contributed by atoms with Gasteiger partial charge in [-0.25, -0.2) is 9.69 Å². The van der Waals surface area contributed by atoms with Crippen LogP contribution in [-0.4, -0.2) is 29.7 Å². The molecule has 1 heterocycles. The summed E-state index contributed by atoms with van der Waals surface area (Å²) in [5.41, 5.74) is 3.37. The van der Waals surface area contributed by atoms with Gasteiger partial charge in [-0.05, 0) is 62.2 Å². The predicted molar refractivity (Wildman–Crippen MR) is 119 cm³/mol. The van der Waals surface area contributed by atoms with E-state index in [-0.39, 0.29) is 22.5 Å². The third-order valence-corrected chi connectivity index (χ3v) is 5.58. The highest BCUT2D eigenvalue weighted by molar-refractivity contribution is 6.34. The Bertz CT molecular complexity index is 1260. The lowest BCUT2D eigenvalue weighted by Gasteiger charge is -2.15. The SMILES string of the molecule is Cc1ccc(N2C(=O)c3ccc(C(=O)O[C@@H](C)C(=O)c4ccccc4)cc3C2=O)cc1C. The van der Waals surface area contributed by atoms with Crippen molar-refractivity contribution in [3.8, 4) is 0 Å². The van der Waals surface area contributed by atoms with Gasteiger partial charge in [0.15, 0.2) is 6.10 Å². The molecule has 160 valence electrons. The lowest BCUT2D eigenvalue weighted by Crippen LogP contribution is -2.29. The first-order valence-corrected chi connectivity index (χ1v) is 10.2. The lowest BCUT2D eigenvalue weighted by atomic mass is 10.1. The number of ether oxygens (including phenoxy) is 1. The number of anilines is 1. The number of rotatable bonds is 5. The zero-order valence-electron chi connectivity index (χ0n) is 17.9. The number of benzene rings is 3. The Balaban J connectivity index is 1.56. The lowest BCUT2D eigenvalue weighted by molar-refractivity contribution is 0.0318. The van der Waals surface area contributed by atoms with Gasteiger partial charge in [-0.15, -0.1) is 0 Å². The van der Waals surface area contributed by atoms with Crippen molar-refractivity contribution in [3.63, 3.8) is 0 Å². The number of carbonyl (C=O) groups is 4. The van der Waals surface area contributed by atoms with Crippen molar-refractivity contribution in [3.05, 3.63) is 100 Å². The van der Waals surface area contributed by atoms with E-state index in [1.807, 2.05) is 19.9 Å². The Labute approximate surface area is 185 Å². The molecule has 0 aliphatic carbocycles. The number of Topliss-reactive ketones (excluding diaryl/α,β-unsaturated/α-hetero) is 1. The topological polar surface area (TPSA) is 80.8 Å². The molecule has 1 aliphatic rings. The fraction of sp³-hybridized carbons (Fsp3) is 0.154. The standard InChI is InChI=1S/C26H21NO5/c1-15-9-11-20(13-16(15)2)27-24(29)21-12-10-19(14-22(21)25(27)30)26(31)32-17(3)23(28)18-7-5-4-6-8-18/h4-14,17H,1-3H3/t17-/m0/s1. The number of imide groups is 1. The zero-order valence-corrected chi connectivity index (χ0v) is 17.9. The minimum Gasteiger partial charge on any atom is -0.451 e. The summed E-state index contributed by atoms with van der Waals surface area (Å²) in [6.07, 6.45) is -0.998. The monoisotopic (exact) mass is 427 g/mol. The summed E-state index contributed by atoms with van der Waals surface area (Å²) < 4.78 is 5.32. The maximum absolute atomic E-state index is 13.0. The van der Waals surface area contributed by atoms with Gasteiger partial charge in [0.25, 0.3) is 11.8 Å². The van der Waals surface area contributed by atoms with Crippen LogP contribution >= 0.6 is 0 Å². The highest BCUT2D eigenvalue weighted by Crippen LogP contribution is 2.30. The molecular weight excluding hydrogens is 406 g/mol. The van der Waals surface area contributed by atoms with E-state index in [1.54, 1.807) is 42.5 Å². The van der Waals surface area contributed by atoms with Crippen LogP contribution in [0.1, 0.15) is 59.5 Å². The van der Waals surface area contributed by atoms with E-state index >= 15 is 0 Å². The van der Waals surface area contributed by atoms with Crippen LogP contribution in [-0.2, 0) is 4.74 Å². The number of carbonyl (C=O) groups excluding carboxylic acids is 4. The van der Waals surface area contributed by atoms with Crippen LogP contribution in [0.3, 0.4) is 0 Å². The highest BCUT2D eigenvalue weighted by atomic mass is 16.5. The molecule has 0 fully saturated rings. The molecule has 0 saturated carbocycles. The summed E-state index contributed by atoms with van der Waals surface area (Å²) in [6, 6.07) is 18.1. The van der Waals surface area contributed by atoms with Gasteiger partial charge in [-0.3, -0.25) is 14.4 Å². The van der Waals surface area contributed by atoms with Gasteiger partial charge in [-0.1, -0.05) is 36.4 Å². The molecule has 32 heavy (non-hydrogen) atoms. The molecule has 0 radical (unpaired) electrons. The number of ketones is 1. The third-order valence-electron chi connectivity index (χ3n) is 5.58. The first kappa shape index (κ1) is 21.2. The molecule has 1 atom stereocenters. The molecule has 1 aliphatic heterocycles. The van der Waals surface area contributed by atoms with Gasteiger partial charge in [0.05, 0.1) is 22.4 Å². The van der Waals surface area contributed by atoms with Crippen LogP contribution in [0.2, 0.25) is 0 Å². The summed E-state index contributed by atoms with van der Waals surface area (Å²) in [5, 5.41) is 0. The van der Waals surface area contributed by atoms with E-state index in [0.29, 0.717) is 11.3 Å². The summed E-state index contributed by atoms with van der Waals surface area (Å²) in [6.45, 7) is 5.35. The summed E-state index contributed by atoms with van der Waals surface area (Å²) >= 11 is 0. The number of esters is 1. The fourth-order valence-corrected chi connectivity index (χ4v) is 3.59. The maximum Gasteiger partial charge on any atom is 0.338 e. The molecule has 0 saturated heterocycles. The van der Waals surface area contributed by atoms with Crippen LogP contribution in [0, 0.1) is 13.8 Å². The van der Waals surface area contributed by atoms with E-state index in [9.17, 15) is 19.2 Å². The molecule has 6 nitrogen and oxygen atoms in total. The van der Waals surface area contributed by atoms with E-state index in [4.69, 9.17) is 4.74 Å². The van der Waals surface area contributed by atoms with Crippen molar-refractivity contribution in [2.75, 3.05) is 4.90 Å². The van der Waals surface area contributed by atoms with E-state index in [2.05, 4.69) is 0 Å². The molecule has 0 bridgehead atoms. The smallest absolute Gasteiger partial charge is 0.338 e. The maximum atomic E-state index is 13.0. The molecule has 4 rings (SSSR count). The summed E-state index contributed by atoms with van der Waals surface area (Å²) in [4.78, 5) is 52.0. The third kappa shape index (κ3) is 3.71. The van der Waals surface area contributed by atoms with Crippen molar-refractivity contribution in [2.24, 2.45) is 0 Å². The Kier molecular flexibility index (Phi) is 5.45. The van der Waals surface area contributed by atoms with Gasteiger partial charge in [0.1, 0.15) is 0 Å². The number of aryl methyl sites for hydroxylation is 2. The second-order valence-electron chi connectivity index (χ2n) is 7.75. The van der Waals surface area contributed by atoms with Crippen molar-refractivity contribution in [2.45, 2.75) is 26.9 Å². The molecule has 0 spiro atoms. The molecule has 0 aromatic heterocycles. The Hall–Kier alpha value is -4.06. The zero-order chi connectivity index (χ0) is 23.0. The largest absolute Gasteiger partial charge is 0.451 e. The number of amides is 2. The minimum absolute atomic E-state index is 0.0968. The van der Waals surface area contributed by atoms with Gasteiger partial charge in [-0.2, -0.15) is 0 Å². The Morgan fingerprint density at radius 3 is 2.16 bits per heavy atom. The van der Waals surface area contributed by atoms with Crippen molar-refractivity contribution in [1.29, 1.82) is 0 Å². The Morgan fingerprint density at radius 2 is 1.47 bits per heavy atom. The van der Waals surface area contributed by atoms with Gasteiger partial charge < -0.3 is 4.74 Å². The van der Waals surface area contributed by atoms with Crippen LogP contribution < -0.4 is 4.90 Å². The molecule has 3 aromatic carbocycles.